The predicted molar refractivity (Wildman–Crippen MR) is 78.4 cm³/mol. The number of benzene rings is 1. The van der Waals surface area contributed by atoms with Gasteiger partial charge in [0.05, 0.1) is 5.57 Å². The van der Waals surface area contributed by atoms with E-state index in [9.17, 15) is 5.26 Å². The summed E-state index contributed by atoms with van der Waals surface area (Å²) in [6.07, 6.45) is 0. The van der Waals surface area contributed by atoms with Gasteiger partial charge in [-0.15, -0.1) is 5.10 Å². The first-order valence-electron chi connectivity index (χ1n) is 6.81. The second kappa shape index (κ2) is 4.98. The Balaban J connectivity index is 2.14. The fourth-order valence-corrected chi connectivity index (χ4v) is 2.89. The molecule has 1 aromatic heterocycles. The first-order valence-corrected chi connectivity index (χ1v) is 6.81. The fraction of sp³-hybridized carbons (Fsp3) is 0.250. The molecule has 0 aliphatic carbocycles. The number of nitrogens with one attached hydrogen (secondary N) is 1. The van der Waals surface area contributed by atoms with Crippen molar-refractivity contribution in [2.24, 2.45) is 5.73 Å². The lowest BCUT2D eigenvalue weighted by Crippen LogP contribution is -2.23. The van der Waals surface area contributed by atoms with Crippen LogP contribution in [0.25, 0.3) is 0 Å². The van der Waals surface area contributed by atoms with E-state index >= 15 is 0 Å². The highest BCUT2D eigenvalue weighted by Gasteiger charge is 2.36. The van der Waals surface area contributed by atoms with Crippen molar-refractivity contribution in [1.82, 2.24) is 10.2 Å². The van der Waals surface area contributed by atoms with Crippen LogP contribution in [0, 0.1) is 18.3 Å². The number of H-pyrrole nitrogens is 1. The van der Waals surface area contributed by atoms with Gasteiger partial charge in [-0.2, -0.15) is 5.26 Å². The van der Waals surface area contributed by atoms with Crippen LogP contribution in [0.15, 0.2) is 41.8 Å². The average molecular weight is 280 g/mol. The Morgan fingerprint density at radius 2 is 2.10 bits per heavy atom. The molecule has 0 saturated carbocycles. The van der Waals surface area contributed by atoms with Gasteiger partial charge >= 0.3 is 0 Å². The minimum Gasteiger partial charge on any atom is -0.420 e. The minimum absolute atomic E-state index is 0.0957. The summed E-state index contributed by atoms with van der Waals surface area (Å²) in [5.41, 5.74) is 9.33. The molecule has 3 rings (SSSR count). The number of hydrogen-bond donors (Lipinski definition) is 2. The van der Waals surface area contributed by atoms with Crippen molar-refractivity contribution in [1.29, 1.82) is 5.26 Å². The average Bonchev–Trinajstić information content (AvgIpc) is 2.87. The standard InChI is InChI=1S/C16H16N4O/c1-9(11-6-4-3-5-7-11)13-12(8-17)15(18)21-16-14(13)10(2)19-20-16/h3-7,9,13H,18H2,1-2H3,(H,19,20)/t9-,13-/m0/s1. The third kappa shape index (κ3) is 2.05. The summed E-state index contributed by atoms with van der Waals surface area (Å²) in [6, 6.07) is 12.3. The van der Waals surface area contributed by atoms with Crippen molar-refractivity contribution in [3.05, 3.63) is 58.6 Å². The van der Waals surface area contributed by atoms with E-state index in [0.29, 0.717) is 11.5 Å². The molecule has 5 heteroatoms. The summed E-state index contributed by atoms with van der Waals surface area (Å²) >= 11 is 0. The number of rotatable bonds is 2. The van der Waals surface area contributed by atoms with E-state index in [1.807, 2.05) is 25.1 Å². The molecule has 106 valence electrons. The monoisotopic (exact) mass is 280 g/mol. The van der Waals surface area contributed by atoms with Crippen molar-refractivity contribution in [3.8, 4) is 11.9 Å². The second-order valence-electron chi connectivity index (χ2n) is 5.24. The summed E-state index contributed by atoms with van der Waals surface area (Å²) in [5.74, 6) is 0.555. The van der Waals surface area contributed by atoms with E-state index in [1.54, 1.807) is 0 Å². The van der Waals surface area contributed by atoms with Crippen LogP contribution in [-0.2, 0) is 0 Å². The van der Waals surface area contributed by atoms with Crippen LogP contribution in [0.3, 0.4) is 0 Å². The molecule has 1 aliphatic rings. The van der Waals surface area contributed by atoms with Crippen LogP contribution in [-0.4, -0.2) is 10.2 Å². The summed E-state index contributed by atoms with van der Waals surface area (Å²) in [5, 5.41) is 16.5. The molecular formula is C16H16N4O. The molecule has 21 heavy (non-hydrogen) atoms. The van der Waals surface area contributed by atoms with Gasteiger partial charge in [0.1, 0.15) is 6.07 Å². The summed E-state index contributed by atoms with van der Waals surface area (Å²) in [7, 11) is 0. The molecule has 1 aliphatic heterocycles. The van der Waals surface area contributed by atoms with Crippen molar-refractivity contribution in [2.75, 3.05) is 0 Å². The highest BCUT2D eigenvalue weighted by atomic mass is 16.5. The van der Waals surface area contributed by atoms with Gasteiger partial charge in [0.25, 0.3) is 0 Å². The summed E-state index contributed by atoms with van der Waals surface area (Å²) in [4.78, 5) is 0. The lowest BCUT2D eigenvalue weighted by Gasteiger charge is -2.28. The highest BCUT2D eigenvalue weighted by Crippen LogP contribution is 2.46. The summed E-state index contributed by atoms with van der Waals surface area (Å²) < 4.78 is 5.46. The number of hydrogen-bond acceptors (Lipinski definition) is 4. The molecule has 0 radical (unpaired) electrons. The molecule has 3 N–H and O–H groups in total. The number of aromatic nitrogens is 2. The maximum absolute atomic E-state index is 9.48. The van der Waals surface area contributed by atoms with E-state index in [-0.39, 0.29) is 17.7 Å². The topological polar surface area (TPSA) is 87.7 Å². The largest absolute Gasteiger partial charge is 0.420 e. The molecule has 2 atom stereocenters. The van der Waals surface area contributed by atoms with Gasteiger partial charge in [-0.3, -0.25) is 5.10 Å². The van der Waals surface area contributed by atoms with Crippen LogP contribution in [0.4, 0.5) is 0 Å². The molecule has 0 spiro atoms. The molecule has 5 nitrogen and oxygen atoms in total. The van der Waals surface area contributed by atoms with Crippen molar-refractivity contribution in [3.63, 3.8) is 0 Å². The number of aromatic amines is 1. The number of fused-ring (bicyclic) bond motifs is 1. The number of ether oxygens (including phenoxy) is 1. The Bertz CT molecular complexity index is 739. The molecule has 2 aromatic rings. The number of nitriles is 1. The Kier molecular flexibility index (Phi) is 3.15. The molecule has 0 amide bonds. The van der Waals surface area contributed by atoms with Gasteiger partial charge in [-0.25, -0.2) is 0 Å². The maximum Gasteiger partial charge on any atom is 0.243 e. The van der Waals surface area contributed by atoms with Gasteiger partial charge < -0.3 is 10.5 Å². The third-order valence-corrected chi connectivity index (χ3v) is 4.00. The van der Waals surface area contributed by atoms with Crippen molar-refractivity contribution >= 4 is 0 Å². The molecule has 0 fully saturated rings. The lowest BCUT2D eigenvalue weighted by molar-refractivity contribution is 0.368. The number of aryl methyl sites for hydroxylation is 1. The quantitative estimate of drug-likeness (QED) is 0.885. The third-order valence-electron chi connectivity index (χ3n) is 4.00. The van der Waals surface area contributed by atoms with Crippen molar-refractivity contribution < 1.29 is 4.74 Å². The fourth-order valence-electron chi connectivity index (χ4n) is 2.89. The van der Waals surface area contributed by atoms with Gasteiger partial charge in [0, 0.05) is 17.2 Å². The Labute approximate surface area is 123 Å². The minimum atomic E-state index is -0.153. The van der Waals surface area contributed by atoms with Gasteiger partial charge in [0.15, 0.2) is 0 Å². The SMILES string of the molecule is Cc1[nH]nc2c1[C@@H]([C@@H](C)c1ccccc1)C(C#N)=C(N)O2. The second-order valence-corrected chi connectivity index (χ2v) is 5.24. The Morgan fingerprint density at radius 1 is 1.38 bits per heavy atom. The first-order chi connectivity index (χ1) is 10.1. The molecule has 0 bridgehead atoms. The summed E-state index contributed by atoms with van der Waals surface area (Å²) in [6.45, 7) is 4.02. The molecular weight excluding hydrogens is 264 g/mol. The highest BCUT2D eigenvalue weighted by molar-refractivity contribution is 5.51. The molecule has 2 heterocycles. The van der Waals surface area contributed by atoms with Crippen LogP contribution in [0.2, 0.25) is 0 Å². The van der Waals surface area contributed by atoms with Gasteiger partial charge in [-0.05, 0) is 18.4 Å². The van der Waals surface area contributed by atoms with E-state index in [2.05, 4.69) is 35.3 Å². The smallest absolute Gasteiger partial charge is 0.243 e. The predicted octanol–water partition coefficient (Wildman–Crippen LogP) is 2.69. The van der Waals surface area contributed by atoms with E-state index < -0.39 is 0 Å². The zero-order valence-corrected chi connectivity index (χ0v) is 11.9. The van der Waals surface area contributed by atoms with Crippen LogP contribution >= 0.6 is 0 Å². The van der Waals surface area contributed by atoms with Crippen LogP contribution in [0.1, 0.15) is 35.6 Å². The van der Waals surface area contributed by atoms with Crippen molar-refractivity contribution in [2.45, 2.75) is 25.7 Å². The van der Waals surface area contributed by atoms with E-state index in [4.69, 9.17) is 10.5 Å². The lowest BCUT2D eigenvalue weighted by atomic mass is 9.77. The molecule has 1 aromatic carbocycles. The molecule has 0 unspecified atom stereocenters. The zero-order valence-electron chi connectivity index (χ0n) is 11.9. The van der Waals surface area contributed by atoms with Gasteiger partial charge in [0.2, 0.25) is 11.8 Å². The normalized spacial score (nSPS) is 18.6. The number of nitrogens with zero attached hydrogens (tertiary/aromatic N) is 2. The Hall–Kier alpha value is -2.74. The zero-order chi connectivity index (χ0) is 15.0. The maximum atomic E-state index is 9.48. The number of allylic oxidation sites excluding steroid dienone is 1. The van der Waals surface area contributed by atoms with Gasteiger partial charge in [-0.1, -0.05) is 37.3 Å². The van der Waals surface area contributed by atoms with E-state index in [0.717, 1.165) is 16.8 Å². The van der Waals surface area contributed by atoms with E-state index in [1.165, 1.54) is 0 Å². The molecule has 0 saturated heterocycles. The number of nitrogens with two attached hydrogens (primary N) is 1. The first kappa shape index (κ1) is 13.3. The van der Waals surface area contributed by atoms with Crippen LogP contribution < -0.4 is 10.5 Å². The Morgan fingerprint density at radius 3 is 2.76 bits per heavy atom. The van der Waals surface area contributed by atoms with Crippen LogP contribution in [0.5, 0.6) is 5.88 Å².